The zero-order valence-corrected chi connectivity index (χ0v) is 16.9. The molecule has 0 aliphatic heterocycles. The molecule has 0 aliphatic rings. The van der Waals surface area contributed by atoms with E-state index >= 15 is 0 Å². The molecule has 0 saturated heterocycles. The van der Waals surface area contributed by atoms with Gasteiger partial charge in [0.2, 0.25) is 11.8 Å². The molecule has 0 saturated carbocycles. The van der Waals surface area contributed by atoms with E-state index in [0.717, 1.165) is 17.7 Å². The number of aromatic nitrogens is 3. The number of nitrogen functional groups attached to an aromatic ring is 1. The highest BCUT2D eigenvalue weighted by Crippen LogP contribution is 2.34. The van der Waals surface area contributed by atoms with Crippen LogP contribution >= 0.6 is 11.9 Å². The van der Waals surface area contributed by atoms with Crippen LogP contribution in [0.25, 0.3) is 11.3 Å². The van der Waals surface area contributed by atoms with Crippen LogP contribution in [-0.2, 0) is 5.75 Å². The summed E-state index contributed by atoms with van der Waals surface area (Å²) in [5.41, 5.74) is 7.64. The second kappa shape index (κ2) is 9.40. The van der Waals surface area contributed by atoms with E-state index in [4.69, 9.17) is 10.5 Å². The lowest BCUT2D eigenvalue weighted by atomic mass is 10.2. The minimum atomic E-state index is -0.733. The van der Waals surface area contributed by atoms with Crippen molar-refractivity contribution in [2.24, 2.45) is 0 Å². The summed E-state index contributed by atoms with van der Waals surface area (Å²) in [7, 11) is 0. The number of anilines is 2. The van der Waals surface area contributed by atoms with Gasteiger partial charge < -0.3 is 15.2 Å². The number of hydrogen-bond donors (Lipinski definition) is 2. The molecule has 2 aromatic heterocycles. The number of hydrogen-bond acceptors (Lipinski definition) is 7. The molecule has 3 N–H and O–H groups in total. The summed E-state index contributed by atoms with van der Waals surface area (Å²) >= 11 is 1.26. The van der Waals surface area contributed by atoms with Crippen molar-refractivity contribution in [2.45, 2.75) is 5.75 Å². The van der Waals surface area contributed by atoms with Crippen LogP contribution in [0.15, 0.2) is 73.1 Å². The van der Waals surface area contributed by atoms with Crippen LogP contribution in [0.1, 0.15) is 5.56 Å². The molecule has 0 fully saturated rings. The summed E-state index contributed by atoms with van der Waals surface area (Å²) in [6.45, 7) is 0. The molecule has 0 radical (unpaired) electrons. The second-order valence-corrected chi connectivity index (χ2v) is 7.18. The van der Waals surface area contributed by atoms with Crippen molar-refractivity contribution >= 4 is 23.6 Å². The quantitative estimate of drug-likeness (QED) is 0.372. The summed E-state index contributed by atoms with van der Waals surface area (Å²) in [5.74, 6) is -0.938. The summed E-state index contributed by atoms with van der Waals surface area (Å²) in [4.78, 5) is 12.1. The molecule has 9 heteroatoms. The van der Waals surface area contributed by atoms with E-state index < -0.39 is 11.6 Å². The molecule has 0 amide bonds. The lowest BCUT2D eigenvalue weighted by Gasteiger charge is -2.12. The molecule has 156 valence electrons. The molecule has 2 heterocycles. The maximum absolute atomic E-state index is 14.6. The molecule has 0 aliphatic carbocycles. The minimum Gasteiger partial charge on any atom is -0.435 e. The highest BCUT2D eigenvalue weighted by Gasteiger charge is 2.16. The fourth-order valence-corrected chi connectivity index (χ4v) is 3.49. The lowest BCUT2D eigenvalue weighted by Crippen LogP contribution is -1.99. The van der Waals surface area contributed by atoms with E-state index in [1.54, 1.807) is 18.2 Å². The number of benzene rings is 2. The highest BCUT2D eigenvalue weighted by molar-refractivity contribution is 7.99. The van der Waals surface area contributed by atoms with Gasteiger partial charge in [-0.2, -0.15) is 0 Å². The molecule has 31 heavy (non-hydrogen) atoms. The van der Waals surface area contributed by atoms with Crippen molar-refractivity contribution in [3.63, 3.8) is 0 Å². The summed E-state index contributed by atoms with van der Waals surface area (Å²) in [5, 5.41) is 0. The van der Waals surface area contributed by atoms with Gasteiger partial charge in [-0.25, -0.2) is 23.7 Å². The Kier molecular flexibility index (Phi) is 6.23. The number of rotatable bonds is 7. The normalized spacial score (nSPS) is 10.6. The Bertz CT molecular complexity index is 1190. The number of pyridine rings is 1. The van der Waals surface area contributed by atoms with E-state index in [2.05, 4.69) is 19.7 Å². The summed E-state index contributed by atoms with van der Waals surface area (Å²) in [6.07, 6.45) is 2.97. The van der Waals surface area contributed by atoms with Crippen molar-refractivity contribution in [1.82, 2.24) is 15.0 Å². The van der Waals surface area contributed by atoms with Crippen LogP contribution in [-0.4, -0.2) is 15.0 Å². The Morgan fingerprint density at radius 3 is 2.58 bits per heavy atom. The van der Waals surface area contributed by atoms with Gasteiger partial charge in [-0.3, -0.25) is 0 Å². The summed E-state index contributed by atoms with van der Waals surface area (Å²) in [6, 6.07) is 16.7. The largest absolute Gasteiger partial charge is 0.435 e. The Morgan fingerprint density at radius 2 is 1.77 bits per heavy atom. The van der Waals surface area contributed by atoms with E-state index in [1.165, 1.54) is 24.3 Å². The molecule has 0 atom stereocenters. The van der Waals surface area contributed by atoms with E-state index in [-0.39, 0.29) is 23.3 Å². The fraction of sp³-hybridized carbons (Fsp3) is 0.0455. The molecule has 0 unspecified atom stereocenters. The van der Waals surface area contributed by atoms with Crippen molar-refractivity contribution in [3.05, 3.63) is 90.3 Å². The first kappa shape index (κ1) is 20.5. The zero-order chi connectivity index (χ0) is 21.6. The first-order valence-corrected chi connectivity index (χ1v) is 10.2. The SMILES string of the molecule is Nc1nccc(-c2cccnc2Oc2cc(F)c(NSCc3ccccc3)cc2F)n1. The van der Waals surface area contributed by atoms with Crippen molar-refractivity contribution < 1.29 is 13.5 Å². The predicted molar refractivity (Wildman–Crippen MR) is 117 cm³/mol. The number of nitrogens with one attached hydrogen (secondary N) is 1. The maximum atomic E-state index is 14.6. The Hall–Kier alpha value is -3.72. The Labute approximate surface area is 181 Å². The lowest BCUT2D eigenvalue weighted by molar-refractivity contribution is 0.424. The molecule has 6 nitrogen and oxygen atoms in total. The fourth-order valence-electron chi connectivity index (χ4n) is 2.75. The van der Waals surface area contributed by atoms with Gasteiger partial charge in [0, 0.05) is 30.3 Å². The standard InChI is InChI=1S/C22H17F2N5OS/c23-16-12-20(17(24)11-19(16)29-31-13-14-5-2-1-3-6-14)30-21-15(7-4-9-26-21)18-8-10-27-22(25)28-18/h1-12,29H,13H2,(H2,25,27,28). The van der Waals surface area contributed by atoms with Gasteiger partial charge in [0.15, 0.2) is 17.4 Å². The smallest absolute Gasteiger partial charge is 0.228 e. The van der Waals surface area contributed by atoms with Gasteiger partial charge >= 0.3 is 0 Å². The monoisotopic (exact) mass is 437 g/mol. The van der Waals surface area contributed by atoms with Crippen LogP contribution in [0.4, 0.5) is 20.4 Å². The Morgan fingerprint density at radius 1 is 0.935 bits per heavy atom. The minimum absolute atomic E-state index is 0.0237. The van der Waals surface area contributed by atoms with Gasteiger partial charge in [0.25, 0.3) is 0 Å². The van der Waals surface area contributed by atoms with E-state index in [1.807, 2.05) is 30.3 Å². The van der Waals surface area contributed by atoms with Crippen LogP contribution in [0.5, 0.6) is 11.6 Å². The van der Waals surface area contributed by atoms with E-state index in [0.29, 0.717) is 17.0 Å². The molecular formula is C22H17F2N5OS. The van der Waals surface area contributed by atoms with Crippen LogP contribution < -0.4 is 15.2 Å². The Balaban J connectivity index is 1.52. The number of nitrogens with zero attached hydrogens (tertiary/aromatic N) is 3. The van der Waals surface area contributed by atoms with Gasteiger partial charge in [-0.1, -0.05) is 30.3 Å². The van der Waals surface area contributed by atoms with Crippen LogP contribution in [0.2, 0.25) is 0 Å². The van der Waals surface area contributed by atoms with Gasteiger partial charge in [-0.05, 0) is 35.7 Å². The van der Waals surface area contributed by atoms with Crippen LogP contribution in [0, 0.1) is 11.6 Å². The second-order valence-electron chi connectivity index (χ2n) is 6.40. The first-order valence-electron chi connectivity index (χ1n) is 9.22. The third-order valence-electron chi connectivity index (χ3n) is 4.21. The molecule has 2 aromatic carbocycles. The van der Waals surface area contributed by atoms with Crippen molar-refractivity contribution in [2.75, 3.05) is 10.5 Å². The predicted octanol–water partition coefficient (Wildman–Crippen LogP) is 5.45. The van der Waals surface area contributed by atoms with E-state index in [9.17, 15) is 8.78 Å². The number of nitrogens with two attached hydrogens (primary N) is 1. The topological polar surface area (TPSA) is 86.0 Å². The van der Waals surface area contributed by atoms with Gasteiger partial charge in [0.05, 0.1) is 16.9 Å². The average molecular weight is 437 g/mol. The van der Waals surface area contributed by atoms with Crippen LogP contribution in [0.3, 0.4) is 0 Å². The average Bonchev–Trinajstić information content (AvgIpc) is 2.78. The highest BCUT2D eigenvalue weighted by atomic mass is 32.2. The van der Waals surface area contributed by atoms with Gasteiger partial charge in [0.1, 0.15) is 0 Å². The third kappa shape index (κ3) is 5.07. The first-order chi connectivity index (χ1) is 15.1. The number of halogens is 2. The summed E-state index contributed by atoms with van der Waals surface area (Å²) < 4.78 is 37.6. The number of ether oxygens (including phenoxy) is 1. The van der Waals surface area contributed by atoms with Gasteiger partial charge in [-0.15, -0.1) is 0 Å². The molecule has 0 spiro atoms. The maximum Gasteiger partial charge on any atom is 0.228 e. The van der Waals surface area contributed by atoms with Crippen molar-refractivity contribution in [3.8, 4) is 22.9 Å². The van der Waals surface area contributed by atoms with Crippen molar-refractivity contribution in [1.29, 1.82) is 0 Å². The molecule has 4 aromatic rings. The zero-order valence-electron chi connectivity index (χ0n) is 16.1. The molecule has 4 rings (SSSR count). The molecular weight excluding hydrogens is 420 g/mol. The molecule has 0 bridgehead atoms. The third-order valence-corrected chi connectivity index (χ3v) is 5.06.